The summed E-state index contributed by atoms with van der Waals surface area (Å²) >= 11 is 0. The molecule has 0 aliphatic carbocycles. The van der Waals surface area contributed by atoms with Gasteiger partial charge in [-0.3, -0.25) is 4.79 Å². The second kappa shape index (κ2) is 6.57. The summed E-state index contributed by atoms with van der Waals surface area (Å²) in [5.41, 5.74) is 0.404. The van der Waals surface area contributed by atoms with Gasteiger partial charge < -0.3 is 15.3 Å². The van der Waals surface area contributed by atoms with E-state index in [4.69, 9.17) is 0 Å². The summed E-state index contributed by atoms with van der Waals surface area (Å²) < 4.78 is 0. The first-order valence-electron chi connectivity index (χ1n) is 7.03. The van der Waals surface area contributed by atoms with Gasteiger partial charge >= 0.3 is 0 Å². The van der Waals surface area contributed by atoms with Crippen molar-refractivity contribution in [1.82, 2.24) is 10.2 Å². The summed E-state index contributed by atoms with van der Waals surface area (Å²) in [5.74, 6) is 0.00558. The van der Waals surface area contributed by atoms with Gasteiger partial charge in [0.1, 0.15) is 5.75 Å². The maximum atomic E-state index is 12.6. The molecule has 0 spiro atoms. The Labute approximate surface area is 114 Å². The lowest BCUT2D eigenvalue weighted by Gasteiger charge is -2.34. The first kappa shape index (κ1) is 13.9. The van der Waals surface area contributed by atoms with Gasteiger partial charge in [0.15, 0.2) is 0 Å². The molecule has 1 aromatic rings. The van der Waals surface area contributed by atoms with Crippen LogP contribution in [0, 0.1) is 0 Å². The van der Waals surface area contributed by atoms with E-state index in [0.717, 1.165) is 38.9 Å². The number of hydrogen-bond donors (Lipinski definition) is 2. The molecule has 1 saturated heterocycles. The summed E-state index contributed by atoms with van der Waals surface area (Å²) in [6, 6.07) is 7.02. The molecule has 2 N–H and O–H groups in total. The third kappa shape index (κ3) is 3.26. The lowest BCUT2D eigenvalue weighted by Crippen LogP contribution is -2.49. The Morgan fingerprint density at radius 1 is 1.47 bits per heavy atom. The Bertz CT molecular complexity index is 428. The zero-order valence-electron chi connectivity index (χ0n) is 11.4. The molecule has 1 amide bonds. The van der Waals surface area contributed by atoms with Crippen LogP contribution in [-0.4, -0.2) is 41.6 Å². The summed E-state index contributed by atoms with van der Waals surface area (Å²) in [4.78, 5) is 14.5. The van der Waals surface area contributed by atoms with Crippen molar-refractivity contribution in [2.24, 2.45) is 0 Å². The van der Waals surface area contributed by atoms with Gasteiger partial charge in [0.05, 0.1) is 5.56 Å². The third-order valence-corrected chi connectivity index (χ3v) is 3.57. The molecule has 0 radical (unpaired) electrons. The molecule has 104 valence electrons. The Kier molecular flexibility index (Phi) is 4.80. The van der Waals surface area contributed by atoms with E-state index >= 15 is 0 Å². The van der Waals surface area contributed by atoms with Crippen LogP contribution in [0.25, 0.3) is 0 Å². The Balaban J connectivity index is 2.18. The van der Waals surface area contributed by atoms with E-state index in [9.17, 15) is 9.90 Å². The molecule has 2 rings (SSSR count). The van der Waals surface area contributed by atoms with Crippen LogP contribution in [-0.2, 0) is 0 Å². The molecule has 4 nitrogen and oxygen atoms in total. The van der Waals surface area contributed by atoms with Crippen LogP contribution in [0.3, 0.4) is 0 Å². The van der Waals surface area contributed by atoms with Crippen LogP contribution in [0.15, 0.2) is 24.3 Å². The van der Waals surface area contributed by atoms with Gasteiger partial charge in [0, 0.05) is 19.1 Å². The smallest absolute Gasteiger partial charge is 0.257 e. The van der Waals surface area contributed by atoms with Gasteiger partial charge in [0.25, 0.3) is 5.91 Å². The molecule has 1 aliphatic heterocycles. The summed E-state index contributed by atoms with van der Waals surface area (Å²) in [7, 11) is 0. The fourth-order valence-electron chi connectivity index (χ4n) is 2.60. The highest BCUT2D eigenvalue weighted by Crippen LogP contribution is 2.21. The number of piperidine rings is 1. The van der Waals surface area contributed by atoms with E-state index in [-0.39, 0.29) is 17.7 Å². The molecule has 1 unspecified atom stereocenters. The van der Waals surface area contributed by atoms with Gasteiger partial charge in [-0.2, -0.15) is 0 Å². The van der Waals surface area contributed by atoms with Crippen LogP contribution in [0.2, 0.25) is 0 Å². The monoisotopic (exact) mass is 262 g/mol. The predicted octanol–water partition coefficient (Wildman–Crippen LogP) is 2.00. The van der Waals surface area contributed by atoms with Gasteiger partial charge in [-0.15, -0.1) is 0 Å². The molecule has 1 heterocycles. The number of aromatic hydroxyl groups is 1. The number of nitrogens with zero attached hydrogens (tertiary/aromatic N) is 1. The number of benzene rings is 1. The highest BCUT2D eigenvalue weighted by Gasteiger charge is 2.26. The fourth-order valence-corrected chi connectivity index (χ4v) is 2.60. The quantitative estimate of drug-likeness (QED) is 0.872. The number of hydrogen-bond acceptors (Lipinski definition) is 3. The van der Waals surface area contributed by atoms with Crippen molar-refractivity contribution in [2.45, 2.75) is 32.2 Å². The molecule has 0 bridgehead atoms. The molecule has 4 heteroatoms. The van der Waals surface area contributed by atoms with Crippen molar-refractivity contribution in [2.75, 3.05) is 19.6 Å². The van der Waals surface area contributed by atoms with Crippen molar-refractivity contribution in [1.29, 1.82) is 0 Å². The minimum atomic E-state index is -0.0614. The van der Waals surface area contributed by atoms with Gasteiger partial charge in [-0.05, 0) is 37.9 Å². The average molecular weight is 262 g/mol. The van der Waals surface area contributed by atoms with Crippen molar-refractivity contribution < 1.29 is 9.90 Å². The van der Waals surface area contributed by atoms with Crippen molar-refractivity contribution in [3.05, 3.63) is 29.8 Å². The average Bonchev–Trinajstić information content (AvgIpc) is 2.45. The first-order chi connectivity index (χ1) is 9.24. The second-order valence-corrected chi connectivity index (χ2v) is 5.02. The van der Waals surface area contributed by atoms with E-state index in [1.54, 1.807) is 24.3 Å². The van der Waals surface area contributed by atoms with Crippen molar-refractivity contribution in [3.63, 3.8) is 0 Å². The predicted molar refractivity (Wildman–Crippen MR) is 75.3 cm³/mol. The third-order valence-electron chi connectivity index (χ3n) is 3.57. The minimum Gasteiger partial charge on any atom is -0.507 e. The topological polar surface area (TPSA) is 52.6 Å². The molecular formula is C15H22N2O2. The van der Waals surface area contributed by atoms with Crippen LogP contribution < -0.4 is 5.32 Å². The summed E-state index contributed by atoms with van der Waals surface area (Å²) in [6.45, 7) is 4.68. The number of amides is 1. The lowest BCUT2D eigenvalue weighted by atomic mass is 10.0. The van der Waals surface area contributed by atoms with Gasteiger partial charge in [-0.25, -0.2) is 0 Å². The van der Waals surface area contributed by atoms with Crippen molar-refractivity contribution >= 4 is 5.91 Å². The number of carbonyl (C=O) groups excluding carboxylic acids is 1. The Morgan fingerprint density at radius 3 is 2.89 bits per heavy atom. The molecule has 19 heavy (non-hydrogen) atoms. The van der Waals surface area contributed by atoms with Gasteiger partial charge in [0.2, 0.25) is 0 Å². The Hall–Kier alpha value is -1.55. The number of rotatable bonds is 4. The van der Waals surface area contributed by atoms with E-state index in [1.807, 2.05) is 4.90 Å². The summed E-state index contributed by atoms with van der Waals surface area (Å²) in [6.07, 6.45) is 3.06. The molecule has 1 aliphatic rings. The Morgan fingerprint density at radius 2 is 2.26 bits per heavy atom. The lowest BCUT2D eigenvalue weighted by molar-refractivity contribution is 0.0646. The zero-order valence-corrected chi connectivity index (χ0v) is 11.4. The first-order valence-corrected chi connectivity index (χ1v) is 7.03. The molecule has 0 aromatic heterocycles. The highest BCUT2D eigenvalue weighted by atomic mass is 16.3. The molecule has 1 atom stereocenters. The van der Waals surface area contributed by atoms with Crippen LogP contribution in [0.5, 0.6) is 5.75 Å². The van der Waals surface area contributed by atoms with E-state index < -0.39 is 0 Å². The standard InChI is InChI=1S/C15H22N2O2/c1-2-10-17(12-6-5-9-16-11-12)15(19)13-7-3-4-8-14(13)18/h3-4,7-8,12,16,18H,2,5-6,9-11H2,1H3. The molecular weight excluding hydrogens is 240 g/mol. The molecule has 0 saturated carbocycles. The van der Waals surface area contributed by atoms with Crippen molar-refractivity contribution in [3.8, 4) is 5.75 Å². The molecule has 1 aromatic carbocycles. The largest absolute Gasteiger partial charge is 0.507 e. The number of phenolic OH excluding ortho intramolecular Hbond substituents is 1. The maximum Gasteiger partial charge on any atom is 0.257 e. The highest BCUT2D eigenvalue weighted by molar-refractivity contribution is 5.97. The number of carbonyl (C=O) groups is 1. The van der Waals surface area contributed by atoms with Gasteiger partial charge in [-0.1, -0.05) is 19.1 Å². The van der Waals surface area contributed by atoms with Crippen LogP contribution in [0.4, 0.5) is 0 Å². The SMILES string of the molecule is CCCN(C(=O)c1ccccc1O)C1CCCNC1. The fraction of sp³-hybridized carbons (Fsp3) is 0.533. The normalized spacial score (nSPS) is 19.1. The minimum absolute atomic E-state index is 0.0614. The van der Waals surface area contributed by atoms with Crippen LogP contribution >= 0.6 is 0 Å². The maximum absolute atomic E-state index is 12.6. The van der Waals surface area contributed by atoms with E-state index in [0.29, 0.717) is 5.56 Å². The number of phenols is 1. The number of para-hydroxylation sites is 1. The summed E-state index contributed by atoms with van der Waals surface area (Å²) in [5, 5.41) is 13.2. The molecule has 1 fully saturated rings. The van der Waals surface area contributed by atoms with E-state index in [1.165, 1.54) is 0 Å². The zero-order chi connectivity index (χ0) is 13.7. The second-order valence-electron chi connectivity index (χ2n) is 5.02. The number of nitrogens with one attached hydrogen (secondary N) is 1. The van der Waals surface area contributed by atoms with Crippen LogP contribution in [0.1, 0.15) is 36.5 Å². The van der Waals surface area contributed by atoms with E-state index in [2.05, 4.69) is 12.2 Å².